The van der Waals surface area contributed by atoms with Crippen LogP contribution in [-0.2, 0) is 10.0 Å². The molecule has 0 amide bonds. The van der Waals surface area contributed by atoms with Crippen LogP contribution in [0.5, 0.6) is 0 Å². The molecule has 0 aromatic heterocycles. The molecular weight excluding hydrogens is 256 g/mol. The summed E-state index contributed by atoms with van der Waals surface area (Å²) >= 11 is 1.70. The van der Waals surface area contributed by atoms with Crippen LogP contribution in [0.2, 0.25) is 0 Å². The average Bonchev–Trinajstić information content (AvgIpc) is 2.23. The summed E-state index contributed by atoms with van der Waals surface area (Å²) in [6.45, 7) is 2.28. The monoisotopic (exact) mass is 274 g/mol. The third kappa shape index (κ3) is 4.57. The van der Waals surface area contributed by atoms with Gasteiger partial charge in [-0.25, -0.2) is 13.1 Å². The van der Waals surface area contributed by atoms with Crippen LogP contribution in [0.25, 0.3) is 0 Å². The largest absolute Gasteiger partial charge is 0.399 e. The van der Waals surface area contributed by atoms with E-state index in [4.69, 9.17) is 5.73 Å². The van der Waals surface area contributed by atoms with E-state index in [1.165, 1.54) is 6.07 Å². The number of hydrogen-bond acceptors (Lipinski definition) is 4. The van der Waals surface area contributed by atoms with Crippen LogP contribution < -0.4 is 10.5 Å². The highest BCUT2D eigenvalue weighted by atomic mass is 32.2. The lowest BCUT2D eigenvalue weighted by Crippen LogP contribution is -2.25. The maximum Gasteiger partial charge on any atom is 0.240 e. The fourth-order valence-corrected chi connectivity index (χ4v) is 3.08. The standard InChI is InChI=1S/C11H18N2O2S2/c1-9-6-10(12)8-11(7-9)17(14,15)13-4-3-5-16-2/h6-8,13H,3-5,12H2,1-2H3. The van der Waals surface area contributed by atoms with Crippen molar-refractivity contribution in [3.63, 3.8) is 0 Å². The molecule has 0 spiro atoms. The van der Waals surface area contributed by atoms with Crippen molar-refractivity contribution in [3.8, 4) is 0 Å². The SMILES string of the molecule is CSCCCNS(=O)(=O)c1cc(C)cc(N)c1. The minimum absolute atomic E-state index is 0.235. The van der Waals surface area contributed by atoms with E-state index in [0.717, 1.165) is 17.7 Å². The van der Waals surface area contributed by atoms with Gasteiger partial charge in [-0.3, -0.25) is 0 Å². The molecule has 3 N–H and O–H groups in total. The van der Waals surface area contributed by atoms with Crippen molar-refractivity contribution >= 4 is 27.5 Å². The average molecular weight is 274 g/mol. The quantitative estimate of drug-likeness (QED) is 0.610. The molecule has 17 heavy (non-hydrogen) atoms. The molecule has 1 aromatic carbocycles. The maximum atomic E-state index is 11.9. The molecule has 0 unspecified atom stereocenters. The molecule has 1 aromatic rings. The van der Waals surface area contributed by atoms with Crippen LogP contribution in [0, 0.1) is 6.92 Å². The number of benzene rings is 1. The molecule has 0 aliphatic carbocycles. The van der Waals surface area contributed by atoms with Crippen molar-refractivity contribution in [2.75, 3.05) is 24.3 Å². The Morgan fingerprint density at radius 1 is 1.35 bits per heavy atom. The maximum absolute atomic E-state index is 11.9. The van der Waals surface area contributed by atoms with Crippen LogP contribution in [0.15, 0.2) is 23.1 Å². The van der Waals surface area contributed by atoms with Gasteiger partial charge in [0.25, 0.3) is 0 Å². The summed E-state index contributed by atoms with van der Waals surface area (Å²) in [6, 6.07) is 4.84. The van der Waals surface area contributed by atoms with Crippen molar-refractivity contribution < 1.29 is 8.42 Å². The number of nitrogens with two attached hydrogens (primary N) is 1. The number of nitrogen functional groups attached to an aromatic ring is 1. The van der Waals surface area contributed by atoms with Crippen molar-refractivity contribution in [1.82, 2.24) is 4.72 Å². The molecule has 0 radical (unpaired) electrons. The van der Waals surface area contributed by atoms with Crippen molar-refractivity contribution in [2.24, 2.45) is 0 Å². The van der Waals surface area contributed by atoms with E-state index in [1.54, 1.807) is 23.9 Å². The number of aryl methyl sites for hydroxylation is 1. The fourth-order valence-electron chi connectivity index (χ4n) is 1.44. The summed E-state index contributed by atoms with van der Waals surface area (Å²) < 4.78 is 26.4. The second kappa shape index (κ2) is 6.28. The van der Waals surface area contributed by atoms with E-state index in [9.17, 15) is 8.42 Å². The zero-order chi connectivity index (χ0) is 12.9. The molecule has 4 nitrogen and oxygen atoms in total. The molecule has 0 saturated carbocycles. The molecule has 0 aliphatic rings. The van der Waals surface area contributed by atoms with Crippen LogP contribution >= 0.6 is 11.8 Å². The van der Waals surface area contributed by atoms with Gasteiger partial charge in [-0.2, -0.15) is 11.8 Å². The lowest BCUT2D eigenvalue weighted by Gasteiger charge is -2.08. The van der Waals surface area contributed by atoms with Gasteiger partial charge in [0.2, 0.25) is 10.0 Å². The van der Waals surface area contributed by atoms with E-state index < -0.39 is 10.0 Å². The van der Waals surface area contributed by atoms with Gasteiger partial charge in [-0.15, -0.1) is 0 Å². The van der Waals surface area contributed by atoms with E-state index in [-0.39, 0.29) is 4.90 Å². The Labute approximate surface area is 107 Å². The summed E-state index contributed by atoms with van der Waals surface area (Å²) in [5.74, 6) is 0.943. The zero-order valence-corrected chi connectivity index (χ0v) is 11.7. The van der Waals surface area contributed by atoms with E-state index in [0.29, 0.717) is 12.2 Å². The molecule has 0 bridgehead atoms. The van der Waals surface area contributed by atoms with Gasteiger partial charge in [-0.05, 0) is 49.1 Å². The number of thioether (sulfide) groups is 1. The minimum Gasteiger partial charge on any atom is -0.399 e. The Morgan fingerprint density at radius 3 is 2.65 bits per heavy atom. The van der Waals surface area contributed by atoms with Gasteiger partial charge in [0.05, 0.1) is 4.90 Å². The highest BCUT2D eigenvalue weighted by Gasteiger charge is 2.13. The van der Waals surface area contributed by atoms with Gasteiger partial charge in [0, 0.05) is 12.2 Å². The summed E-state index contributed by atoms with van der Waals surface area (Å²) in [6.07, 6.45) is 2.82. The predicted octanol–water partition coefficient (Wildman–Crippen LogP) is 1.61. The minimum atomic E-state index is -3.43. The Kier molecular flexibility index (Phi) is 5.30. The van der Waals surface area contributed by atoms with Gasteiger partial charge >= 0.3 is 0 Å². The van der Waals surface area contributed by atoms with Gasteiger partial charge in [-0.1, -0.05) is 0 Å². The Hall–Kier alpha value is -0.720. The number of sulfonamides is 1. The third-order valence-corrected chi connectivity index (χ3v) is 4.34. The molecule has 0 heterocycles. The number of rotatable bonds is 6. The Morgan fingerprint density at radius 2 is 2.06 bits per heavy atom. The van der Waals surface area contributed by atoms with Crippen LogP contribution in [-0.4, -0.2) is 27.0 Å². The summed E-state index contributed by atoms with van der Waals surface area (Å²) in [5.41, 5.74) is 6.95. The second-order valence-electron chi connectivity index (χ2n) is 3.82. The lowest BCUT2D eigenvalue weighted by atomic mass is 10.2. The lowest BCUT2D eigenvalue weighted by molar-refractivity contribution is 0.581. The van der Waals surface area contributed by atoms with Gasteiger partial charge in [0.15, 0.2) is 0 Å². The Bertz CT molecular complexity index is 452. The Balaban J connectivity index is 2.75. The van der Waals surface area contributed by atoms with E-state index in [2.05, 4.69) is 4.72 Å². The third-order valence-electron chi connectivity index (χ3n) is 2.20. The number of nitrogens with one attached hydrogen (secondary N) is 1. The molecular formula is C11H18N2O2S2. The summed E-state index contributed by atoms with van der Waals surface area (Å²) in [5, 5.41) is 0. The van der Waals surface area contributed by atoms with E-state index >= 15 is 0 Å². The van der Waals surface area contributed by atoms with E-state index in [1.807, 2.05) is 13.2 Å². The predicted molar refractivity (Wildman–Crippen MR) is 73.8 cm³/mol. The molecule has 96 valence electrons. The molecule has 0 aliphatic heterocycles. The topological polar surface area (TPSA) is 72.2 Å². The fraction of sp³-hybridized carbons (Fsp3) is 0.455. The summed E-state index contributed by atoms with van der Waals surface area (Å²) in [4.78, 5) is 0.235. The molecule has 0 atom stereocenters. The van der Waals surface area contributed by atoms with Crippen LogP contribution in [0.1, 0.15) is 12.0 Å². The summed E-state index contributed by atoms with van der Waals surface area (Å²) in [7, 11) is -3.43. The first-order chi connectivity index (χ1) is 7.95. The van der Waals surface area contributed by atoms with Crippen molar-refractivity contribution in [2.45, 2.75) is 18.2 Å². The smallest absolute Gasteiger partial charge is 0.240 e. The highest BCUT2D eigenvalue weighted by molar-refractivity contribution is 7.98. The normalized spacial score (nSPS) is 11.6. The molecule has 1 rings (SSSR count). The van der Waals surface area contributed by atoms with Crippen molar-refractivity contribution in [3.05, 3.63) is 23.8 Å². The second-order valence-corrected chi connectivity index (χ2v) is 6.58. The van der Waals surface area contributed by atoms with Crippen LogP contribution in [0.3, 0.4) is 0 Å². The van der Waals surface area contributed by atoms with Gasteiger partial charge < -0.3 is 5.73 Å². The van der Waals surface area contributed by atoms with Crippen molar-refractivity contribution in [1.29, 1.82) is 0 Å². The number of hydrogen-bond donors (Lipinski definition) is 2. The highest BCUT2D eigenvalue weighted by Crippen LogP contribution is 2.16. The number of anilines is 1. The first-order valence-electron chi connectivity index (χ1n) is 5.31. The van der Waals surface area contributed by atoms with Gasteiger partial charge in [0.1, 0.15) is 0 Å². The zero-order valence-electron chi connectivity index (χ0n) is 10.1. The van der Waals surface area contributed by atoms with Crippen LogP contribution in [0.4, 0.5) is 5.69 Å². The molecule has 6 heteroatoms. The molecule has 0 saturated heterocycles. The first-order valence-corrected chi connectivity index (χ1v) is 8.19. The molecule has 0 fully saturated rings. The first kappa shape index (κ1) is 14.3.